The van der Waals surface area contributed by atoms with Crippen molar-refractivity contribution in [3.05, 3.63) is 29.6 Å². The lowest BCUT2D eigenvalue weighted by molar-refractivity contribution is 0.199. The Balaban J connectivity index is 2.30. The number of rotatable bonds is 6. The summed E-state index contributed by atoms with van der Waals surface area (Å²) in [7, 11) is 0. The average Bonchev–Trinajstić information content (AvgIpc) is 2.93. The van der Waals surface area contributed by atoms with Crippen LogP contribution in [-0.4, -0.2) is 17.7 Å². The third-order valence-corrected chi connectivity index (χ3v) is 4.46. The van der Waals surface area contributed by atoms with Gasteiger partial charge in [0.25, 0.3) is 0 Å². The van der Waals surface area contributed by atoms with Crippen LogP contribution in [0.15, 0.2) is 18.2 Å². The highest BCUT2D eigenvalue weighted by Crippen LogP contribution is 2.34. The fraction of sp³-hybridized carbons (Fsp3) is 0.667. The zero-order chi connectivity index (χ0) is 15.4. The molecule has 1 fully saturated rings. The molecule has 1 aromatic carbocycles. The van der Waals surface area contributed by atoms with Gasteiger partial charge in [0.2, 0.25) is 0 Å². The molecule has 3 heteroatoms. The van der Waals surface area contributed by atoms with E-state index in [9.17, 15) is 9.50 Å². The van der Waals surface area contributed by atoms with Crippen molar-refractivity contribution >= 4 is 5.69 Å². The second-order valence-electron chi connectivity index (χ2n) is 6.69. The molecule has 0 saturated heterocycles. The number of hydrogen-bond donors (Lipinski definition) is 1. The maximum atomic E-state index is 13.5. The molecule has 1 N–H and O–H groups in total. The van der Waals surface area contributed by atoms with Gasteiger partial charge in [-0.25, -0.2) is 4.39 Å². The highest BCUT2D eigenvalue weighted by atomic mass is 19.1. The Morgan fingerprint density at radius 1 is 1.24 bits per heavy atom. The van der Waals surface area contributed by atoms with E-state index >= 15 is 0 Å². The zero-order valence-electron chi connectivity index (χ0n) is 13.5. The van der Waals surface area contributed by atoms with E-state index in [1.54, 1.807) is 6.92 Å². The third-order valence-electron chi connectivity index (χ3n) is 4.46. The Morgan fingerprint density at radius 2 is 1.90 bits per heavy atom. The molecule has 0 radical (unpaired) electrons. The Kier molecular flexibility index (Phi) is 5.63. The van der Waals surface area contributed by atoms with Crippen molar-refractivity contribution in [2.24, 2.45) is 5.92 Å². The molecule has 2 rings (SSSR count). The molecule has 0 spiro atoms. The maximum absolute atomic E-state index is 13.5. The van der Waals surface area contributed by atoms with Crippen LogP contribution in [0.3, 0.4) is 0 Å². The van der Waals surface area contributed by atoms with E-state index in [2.05, 4.69) is 18.7 Å². The number of benzene rings is 1. The summed E-state index contributed by atoms with van der Waals surface area (Å²) in [5.41, 5.74) is 1.73. The second kappa shape index (κ2) is 7.26. The van der Waals surface area contributed by atoms with Gasteiger partial charge in [0.1, 0.15) is 5.82 Å². The molecule has 0 amide bonds. The van der Waals surface area contributed by atoms with Gasteiger partial charge in [-0.3, -0.25) is 0 Å². The van der Waals surface area contributed by atoms with Crippen molar-refractivity contribution in [2.45, 2.75) is 65.0 Å². The van der Waals surface area contributed by atoms with Gasteiger partial charge in [-0.15, -0.1) is 0 Å². The quantitative estimate of drug-likeness (QED) is 0.823. The molecule has 1 aliphatic carbocycles. The minimum absolute atomic E-state index is 0.273. The van der Waals surface area contributed by atoms with Crippen LogP contribution in [0.4, 0.5) is 10.1 Å². The number of aliphatic hydroxyl groups excluding tert-OH is 1. The van der Waals surface area contributed by atoms with Crippen molar-refractivity contribution in [2.75, 3.05) is 11.4 Å². The van der Waals surface area contributed by atoms with E-state index in [1.807, 2.05) is 6.07 Å². The Bertz CT molecular complexity index is 453. The molecule has 21 heavy (non-hydrogen) atoms. The van der Waals surface area contributed by atoms with Crippen LogP contribution >= 0.6 is 0 Å². The van der Waals surface area contributed by atoms with Crippen LogP contribution in [0.25, 0.3) is 0 Å². The molecule has 1 aliphatic rings. The van der Waals surface area contributed by atoms with Crippen LogP contribution in [0.2, 0.25) is 0 Å². The summed E-state index contributed by atoms with van der Waals surface area (Å²) < 4.78 is 13.5. The Hall–Kier alpha value is -1.09. The van der Waals surface area contributed by atoms with E-state index in [-0.39, 0.29) is 5.82 Å². The third kappa shape index (κ3) is 4.19. The van der Waals surface area contributed by atoms with E-state index in [0.717, 1.165) is 18.7 Å². The lowest BCUT2D eigenvalue weighted by Gasteiger charge is -2.34. The first-order valence-corrected chi connectivity index (χ1v) is 8.23. The van der Waals surface area contributed by atoms with Crippen molar-refractivity contribution in [3.63, 3.8) is 0 Å². The predicted molar refractivity (Wildman–Crippen MR) is 86.1 cm³/mol. The first kappa shape index (κ1) is 16.3. The molecule has 1 saturated carbocycles. The lowest BCUT2D eigenvalue weighted by Crippen LogP contribution is -2.35. The summed E-state index contributed by atoms with van der Waals surface area (Å²) in [4.78, 5) is 2.41. The zero-order valence-corrected chi connectivity index (χ0v) is 13.5. The van der Waals surface area contributed by atoms with Gasteiger partial charge in [-0.1, -0.05) is 26.7 Å². The standard InChI is InChI=1S/C18H28FNO/c1-13(2)10-11-20(16-6-4-5-7-16)18-9-8-15(19)12-17(18)14(3)21/h8-9,12-14,16,21H,4-7,10-11H2,1-3H3/t14-/m1/s1. The summed E-state index contributed by atoms with van der Waals surface area (Å²) in [5.74, 6) is 0.370. The highest BCUT2D eigenvalue weighted by molar-refractivity contribution is 5.55. The smallest absolute Gasteiger partial charge is 0.123 e. The number of nitrogens with zero attached hydrogens (tertiary/aromatic N) is 1. The molecule has 1 aromatic rings. The van der Waals surface area contributed by atoms with Crippen molar-refractivity contribution in [1.82, 2.24) is 0 Å². The molecular formula is C18H28FNO. The van der Waals surface area contributed by atoms with Crippen LogP contribution < -0.4 is 4.90 Å². The summed E-state index contributed by atoms with van der Waals surface area (Å²) in [6.07, 6.45) is 5.43. The van der Waals surface area contributed by atoms with E-state index < -0.39 is 6.10 Å². The number of aliphatic hydroxyl groups is 1. The van der Waals surface area contributed by atoms with Gasteiger partial charge in [0.05, 0.1) is 6.10 Å². The first-order chi connectivity index (χ1) is 9.99. The summed E-state index contributed by atoms with van der Waals surface area (Å²) in [5, 5.41) is 10.0. The summed E-state index contributed by atoms with van der Waals surface area (Å²) >= 11 is 0. The molecule has 1 atom stereocenters. The molecule has 2 nitrogen and oxygen atoms in total. The molecule has 0 unspecified atom stereocenters. The van der Waals surface area contributed by atoms with E-state index in [0.29, 0.717) is 17.5 Å². The second-order valence-corrected chi connectivity index (χ2v) is 6.69. The number of halogens is 1. The SMILES string of the molecule is CC(C)CCN(c1ccc(F)cc1[C@@H](C)O)C1CCCC1. The molecular weight excluding hydrogens is 265 g/mol. The minimum Gasteiger partial charge on any atom is -0.389 e. The molecule has 0 bridgehead atoms. The van der Waals surface area contributed by atoms with Crippen molar-refractivity contribution in [3.8, 4) is 0 Å². The molecule has 0 aliphatic heterocycles. The highest BCUT2D eigenvalue weighted by Gasteiger charge is 2.25. The largest absolute Gasteiger partial charge is 0.389 e. The minimum atomic E-state index is -0.640. The van der Waals surface area contributed by atoms with Crippen LogP contribution in [0.5, 0.6) is 0 Å². The van der Waals surface area contributed by atoms with Gasteiger partial charge in [-0.2, -0.15) is 0 Å². The lowest BCUT2D eigenvalue weighted by atomic mass is 10.0. The van der Waals surface area contributed by atoms with Crippen LogP contribution in [-0.2, 0) is 0 Å². The topological polar surface area (TPSA) is 23.5 Å². The summed E-state index contributed by atoms with van der Waals surface area (Å²) in [6, 6.07) is 5.37. The van der Waals surface area contributed by atoms with E-state index in [4.69, 9.17) is 0 Å². The van der Waals surface area contributed by atoms with Crippen LogP contribution in [0, 0.1) is 11.7 Å². The first-order valence-electron chi connectivity index (χ1n) is 8.23. The summed E-state index contributed by atoms with van der Waals surface area (Å²) in [6.45, 7) is 7.15. The number of hydrogen-bond acceptors (Lipinski definition) is 2. The van der Waals surface area contributed by atoms with Crippen molar-refractivity contribution < 1.29 is 9.50 Å². The van der Waals surface area contributed by atoms with Gasteiger partial charge < -0.3 is 10.0 Å². The average molecular weight is 293 g/mol. The van der Waals surface area contributed by atoms with Gasteiger partial charge in [-0.05, 0) is 50.3 Å². The Morgan fingerprint density at radius 3 is 2.48 bits per heavy atom. The fourth-order valence-corrected chi connectivity index (χ4v) is 3.23. The molecule has 0 aromatic heterocycles. The number of anilines is 1. The predicted octanol–water partition coefficient (Wildman–Crippen LogP) is 4.67. The van der Waals surface area contributed by atoms with E-state index in [1.165, 1.54) is 37.8 Å². The van der Waals surface area contributed by atoms with Gasteiger partial charge >= 0.3 is 0 Å². The normalized spacial score (nSPS) is 17.4. The monoisotopic (exact) mass is 293 g/mol. The van der Waals surface area contributed by atoms with Crippen molar-refractivity contribution in [1.29, 1.82) is 0 Å². The maximum Gasteiger partial charge on any atom is 0.123 e. The Labute approximate surface area is 128 Å². The van der Waals surface area contributed by atoms with Gasteiger partial charge in [0, 0.05) is 23.8 Å². The fourth-order valence-electron chi connectivity index (χ4n) is 3.23. The molecule has 118 valence electrons. The van der Waals surface area contributed by atoms with Gasteiger partial charge in [0.15, 0.2) is 0 Å². The molecule has 0 heterocycles. The van der Waals surface area contributed by atoms with Crippen LogP contribution in [0.1, 0.15) is 64.5 Å².